The van der Waals surface area contributed by atoms with Crippen molar-refractivity contribution in [2.45, 2.75) is 12.8 Å². The van der Waals surface area contributed by atoms with Gasteiger partial charge in [0.25, 0.3) is 5.91 Å². The van der Waals surface area contributed by atoms with Gasteiger partial charge in [0.2, 0.25) is 0 Å². The molecule has 1 amide bonds. The monoisotopic (exact) mass is 445 g/mol. The zero-order valence-electron chi connectivity index (χ0n) is 16.1. The molecule has 8 nitrogen and oxygen atoms in total. The minimum absolute atomic E-state index is 0.0132. The second-order valence-electron chi connectivity index (χ2n) is 6.20. The number of phosphoric ester groups is 1. The van der Waals surface area contributed by atoms with Crippen molar-refractivity contribution in [3.05, 3.63) is 59.2 Å². The third-order valence-electron chi connectivity index (χ3n) is 4.00. The number of hydrogen-bond donors (Lipinski definition) is 3. The van der Waals surface area contributed by atoms with Crippen molar-refractivity contribution >= 4 is 13.7 Å². The number of hydrogen-bond acceptors (Lipinski definition) is 5. The molecule has 0 aliphatic rings. The predicted molar refractivity (Wildman–Crippen MR) is 103 cm³/mol. The maximum absolute atomic E-state index is 14.1. The first-order chi connectivity index (χ1) is 14.2. The summed E-state index contributed by atoms with van der Waals surface area (Å²) in [5.74, 6) is -1.89. The van der Waals surface area contributed by atoms with Gasteiger partial charge in [0, 0.05) is 18.2 Å². The number of aryl methyl sites for hydroxylation is 1. The molecule has 0 spiro atoms. The highest BCUT2D eigenvalue weighted by Gasteiger charge is 2.17. The van der Waals surface area contributed by atoms with Gasteiger partial charge in [0.1, 0.15) is 11.6 Å². The predicted octanol–water partition coefficient (Wildman–Crippen LogP) is 2.98. The zero-order valence-corrected chi connectivity index (χ0v) is 17.0. The van der Waals surface area contributed by atoms with Crippen LogP contribution in [0.3, 0.4) is 0 Å². The quantitative estimate of drug-likeness (QED) is 0.277. The first-order valence-corrected chi connectivity index (χ1v) is 10.4. The lowest BCUT2D eigenvalue weighted by Gasteiger charge is -2.13. The van der Waals surface area contributed by atoms with Crippen molar-refractivity contribution in [1.29, 1.82) is 0 Å². The lowest BCUT2D eigenvalue weighted by Crippen LogP contribution is -2.26. The largest absolute Gasteiger partial charge is 0.469 e. The molecule has 0 saturated heterocycles. The molecule has 0 fully saturated rings. The van der Waals surface area contributed by atoms with Crippen molar-refractivity contribution in [1.82, 2.24) is 5.48 Å². The van der Waals surface area contributed by atoms with E-state index in [1.165, 1.54) is 19.2 Å². The van der Waals surface area contributed by atoms with Crippen LogP contribution in [0.2, 0.25) is 0 Å². The van der Waals surface area contributed by atoms with E-state index >= 15 is 0 Å². The number of amides is 1. The summed E-state index contributed by atoms with van der Waals surface area (Å²) in [5, 5.41) is 0. The maximum atomic E-state index is 14.1. The fraction of sp³-hybridized carbons (Fsp3) is 0.316. The van der Waals surface area contributed by atoms with Crippen molar-refractivity contribution < 1.29 is 42.0 Å². The molecule has 3 N–H and O–H groups in total. The highest BCUT2D eigenvalue weighted by atomic mass is 31.2. The van der Waals surface area contributed by atoms with Gasteiger partial charge in [-0.1, -0.05) is 12.1 Å². The maximum Gasteiger partial charge on any atom is 0.469 e. The number of rotatable bonds is 11. The van der Waals surface area contributed by atoms with Gasteiger partial charge < -0.3 is 14.5 Å². The van der Waals surface area contributed by atoms with Gasteiger partial charge in [-0.05, 0) is 48.2 Å². The van der Waals surface area contributed by atoms with Crippen LogP contribution >= 0.6 is 7.82 Å². The molecule has 2 rings (SSSR count). The van der Waals surface area contributed by atoms with Crippen molar-refractivity contribution in [2.24, 2.45) is 0 Å². The molecule has 164 valence electrons. The minimum atomic E-state index is -4.59. The fourth-order valence-corrected chi connectivity index (χ4v) is 3.00. The highest BCUT2D eigenvalue weighted by Crippen LogP contribution is 2.36. The lowest BCUT2D eigenvalue weighted by molar-refractivity contribution is 0.00882. The van der Waals surface area contributed by atoms with E-state index in [-0.39, 0.29) is 49.4 Å². The van der Waals surface area contributed by atoms with Crippen molar-refractivity contribution in [3.8, 4) is 11.1 Å². The smallest absolute Gasteiger partial charge is 0.382 e. The summed E-state index contributed by atoms with van der Waals surface area (Å²) in [4.78, 5) is 35.1. The summed E-state index contributed by atoms with van der Waals surface area (Å²) in [6.45, 7) is 0.128. The Kier molecular flexibility index (Phi) is 9.04. The summed E-state index contributed by atoms with van der Waals surface area (Å²) < 4.78 is 47.7. The van der Waals surface area contributed by atoms with Crippen LogP contribution < -0.4 is 5.48 Å². The molecule has 0 heterocycles. The molecular weight excluding hydrogens is 423 g/mol. The van der Waals surface area contributed by atoms with Crippen molar-refractivity contribution in [2.75, 3.05) is 26.9 Å². The Balaban J connectivity index is 2.25. The normalized spacial score (nSPS) is 11.5. The number of carbonyl (C=O) groups is 1. The molecule has 0 aliphatic carbocycles. The van der Waals surface area contributed by atoms with Gasteiger partial charge in [-0.25, -0.2) is 18.8 Å². The molecular formula is C19H22F2NO7P. The van der Waals surface area contributed by atoms with Crippen LogP contribution in [0.1, 0.15) is 22.3 Å². The Hall–Kier alpha value is -2.20. The highest BCUT2D eigenvalue weighted by molar-refractivity contribution is 7.46. The summed E-state index contributed by atoms with van der Waals surface area (Å²) in [5.41, 5.74) is 3.17. The fourth-order valence-electron chi connectivity index (χ4n) is 2.63. The van der Waals surface area contributed by atoms with Crippen LogP contribution in [0.15, 0.2) is 36.4 Å². The average molecular weight is 445 g/mol. The van der Waals surface area contributed by atoms with E-state index in [1.807, 2.05) is 0 Å². The zero-order chi connectivity index (χ0) is 22.1. The second-order valence-corrected chi connectivity index (χ2v) is 7.44. The molecule has 0 radical (unpaired) electrons. The molecule has 2 aromatic carbocycles. The van der Waals surface area contributed by atoms with Gasteiger partial charge in [-0.15, -0.1) is 0 Å². The number of hydroxylamine groups is 1. The Labute approximate surface area is 172 Å². The van der Waals surface area contributed by atoms with E-state index in [0.717, 1.165) is 18.2 Å². The number of phosphoric acid groups is 1. The van der Waals surface area contributed by atoms with E-state index < -0.39 is 25.4 Å². The van der Waals surface area contributed by atoms with Gasteiger partial charge in [0.15, 0.2) is 0 Å². The first kappa shape index (κ1) is 24.1. The van der Waals surface area contributed by atoms with Crippen LogP contribution in [-0.2, 0) is 25.1 Å². The SMILES string of the molecule is COCCONC(=O)c1cc(-c2cc(F)ccc2F)ccc1CCCOP(=O)(O)O. The molecule has 0 aliphatic heterocycles. The molecule has 2 aromatic rings. The van der Waals surface area contributed by atoms with Crippen molar-refractivity contribution in [3.63, 3.8) is 0 Å². The summed E-state index contributed by atoms with van der Waals surface area (Å²) in [7, 11) is -3.11. The van der Waals surface area contributed by atoms with E-state index in [4.69, 9.17) is 19.4 Å². The lowest BCUT2D eigenvalue weighted by atomic mass is 9.96. The van der Waals surface area contributed by atoms with Crippen LogP contribution in [0.25, 0.3) is 11.1 Å². The van der Waals surface area contributed by atoms with Gasteiger partial charge >= 0.3 is 7.82 Å². The first-order valence-electron chi connectivity index (χ1n) is 8.91. The minimum Gasteiger partial charge on any atom is -0.382 e. The summed E-state index contributed by atoms with van der Waals surface area (Å²) in [6.07, 6.45) is 0.455. The van der Waals surface area contributed by atoms with E-state index in [2.05, 4.69) is 10.0 Å². The van der Waals surface area contributed by atoms with Gasteiger partial charge in [0.05, 0.1) is 19.8 Å². The van der Waals surface area contributed by atoms with Gasteiger partial charge in [-0.2, -0.15) is 0 Å². The van der Waals surface area contributed by atoms with Crippen LogP contribution in [0, 0.1) is 11.6 Å². The molecule has 0 atom stereocenters. The molecule has 0 bridgehead atoms. The van der Waals surface area contributed by atoms with Crippen LogP contribution in [0.4, 0.5) is 8.78 Å². The summed E-state index contributed by atoms with van der Waals surface area (Å²) >= 11 is 0. The number of halogens is 2. The number of nitrogens with one attached hydrogen (secondary N) is 1. The molecule has 11 heteroatoms. The molecule has 0 aromatic heterocycles. The van der Waals surface area contributed by atoms with E-state index in [0.29, 0.717) is 5.56 Å². The standard InChI is InChI=1S/C19H22F2NO7P/c1-27-9-10-28-22-19(23)17-11-14(16-12-15(20)6-7-18(16)21)5-4-13(17)3-2-8-29-30(24,25)26/h4-7,11-12H,2-3,8-10H2,1H3,(H,22,23)(H2,24,25,26). The van der Waals surface area contributed by atoms with Crippen LogP contribution in [-0.4, -0.2) is 42.6 Å². The average Bonchev–Trinajstić information content (AvgIpc) is 2.69. The molecule has 30 heavy (non-hydrogen) atoms. The van der Waals surface area contributed by atoms with Crippen LogP contribution in [0.5, 0.6) is 0 Å². The third kappa shape index (κ3) is 7.56. The molecule has 0 saturated carbocycles. The Morgan fingerprint density at radius 1 is 1.10 bits per heavy atom. The molecule has 0 unspecified atom stereocenters. The third-order valence-corrected chi connectivity index (χ3v) is 4.52. The number of methoxy groups -OCH3 is 1. The number of carbonyl (C=O) groups excluding carboxylic acids is 1. The summed E-state index contributed by atoms with van der Waals surface area (Å²) in [6, 6.07) is 7.49. The Morgan fingerprint density at radius 2 is 1.87 bits per heavy atom. The van der Waals surface area contributed by atoms with E-state index in [1.54, 1.807) is 6.07 Å². The Bertz CT molecular complexity index is 920. The Morgan fingerprint density at radius 3 is 2.57 bits per heavy atom. The topological polar surface area (TPSA) is 114 Å². The number of benzene rings is 2. The second kappa shape index (κ2) is 11.3. The van der Waals surface area contributed by atoms with Gasteiger partial charge in [-0.3, -0.25) is 14.2 Å². The van der Waals surface area contributed by atoms with E-state index in [9.17, 15) is 18.1 Å². The number of ether oxygens (including phenoxy) is 1.